The second kappa shape index (κ2) is 5.59. The molecule has 2 aromatic carbocycles. The number of rotatable bonds is 3. The number of aryl methyl sites for hydroxylation is 2. The Morgan fingerprint density at radius 3 is 1.50 bits per heavy atom. The lowest BCUT2D eigenvalue weighted by Crippen LogP contribution is -1.77. The first-order valence-corrected chi connectivity index (χ1v) is 7.65. The Morgan fingerprint density at radius 2 is 1.11 bits per heavy atom. The minimum atomic E-state index is 0.269. The van der Waals surface area contributed by atoms with Crippen molar-refractivity contribution < 1.29 is 10.2 Å². The number of phenols is 2. The fourth-order valence-corrected chi connectivity index (χ4v) is 3.76. The Kier molecular flexibility index (Phi) is 4.09. The molecule has 2 aromatic rings. The van der Waals surface area contributed by atoms with Crippen LogP contribution in [0.1, 0.15) is 11.1 Å². The Labute approximate surface area is 114 Å². The van der Waals surface area contributed by atoms with Crippen LogP contribution in [0, 0.1) is 13.8 Å². The smallest absolute Gasteiger partial charge is 0.130 e. The van der Waals surface area contributed by atoms with E-state index in [1.54, 1.807) is 12.1 Å². The summed E-state index contributed by atoms with van der Waals surface area (Å²) in [4.78, 5) is 1.61. The Bertz CT molecular complexity index is 516. The van der Waals surface area contributed by atoms with Crippen LogP contribution in [-0.2, 0) is 0 Å². The van der Waals surface area contributed by atoms with Crippen molar-refractivity contribution in [2.45, 2.75) is 23.6 Å². The van der Waals surface area contributed by atoms with E-state index in [2.05, 4.69) is 0 Å². The van der Waals surface area contributed by atoms with Crippen molar-refractivity contribution in [3.63, 3.8) is 0 Å². The van der Waals surface area contributed by atoms with Crippen molar-refractivity contribution in [1.29, 1.82) is 0 Å². The predicted octanol–water partition coefficient (Wildman–Crippen LogP) is 4.51. The molecular formula is C14H14O2S2. The monoisotopic (exact) mass is 278 g/mol. The Balaban J connectivity index is 2.16. The SMILES string of the molecule is Cc1ccc(O)c(SSc2cc(C)ccc2O)c1. The van der Waals surface area contributed by atoms with Gasteiger partial charge in [0.2, 0.25) is 0 Å². The summed E-state index contributed by atoms with van der Waals surface area (Å²) in [5.41, 5.74) is 2.20. The first-order chi connectivity index (χ1) is 8.56. The van der Waals surface area contributed by atoms with Crippen LogP contribution in [0.3, 0.4) is 0 Å². The molecule has 0 saturated carbocycles. The Morgan fingerprint density at radius 1 is 0.722 bits per heavy atom. The van der Waals surface area contributed by atoms with E-state index in [-0.39, 0.29) is 11.5 Å². The van der Waals surface area contributed by atoms with E-state index in [4.69, 9.17) is 0 Å². The Hall–Kier alpha value is -1.26. The van der Waals surface area contributed by atoms with Crippen LogP contribution in [0.5, 0.6) is 11.5 Å². The van der Waals surface area contributed by atoms with Gasteiger partial charge in [0.25, 0.3) is 0 Å². The van der Waals surface area contributed by atoms with Gasteiger partial charge in [0.15, 0.2) is 0 Å². The maximum atomic E-state index is 9.74. The van der Waals surface area contributed by atoms with E-state index in [1.165, 1.54) is 21.6 Å². The number of hydrogen-bond acceptors (Lipinski definition) is 4. The molecule has 0 aliphatic rings. The van der Waals surface area contributed by atoms with Crippen LogP contribution in [0.15, 0.2) is 46.2 Å². The molecular weight excluding hydrogens is 264 g/mol. The maximum Gasteiger partial charge on any atom is 0.130 e. The standard InChI is InChI=1S/C14H14O2S2/c1-9-3-5-11(15)13(7-9)17-18-14-8-10(2)4-6-12(14)16/h3-8,15-16H,1-2H3. The first-order valence-electron chi connectivity index (χ1n) is 5.50. The van der Waals surface area contributed by atoms with E-state index in [9.17, 15) is 10.2 Å². The van der Waals surface area contributed by atoms with Crippen molar-refractivity contribution in [1.82, 2.24) is 0 Å². The van der Waals surface area contributed by atoms with Gasteiger partial charge in [0.1, 0.15) is 11.5 Å². The summed E-state index contributed by atoms with van der Waals surface area (Å²) in [6, 6.07) is 11.0. The van der Waals surface area contributed by atoms with Gasteiger partial charge >= 0.3 is 0 Å². The highest BCUT2D eigenvalue weighted by Crippen LogP contribution is 2.44. The summed E-state index contributed by atoms with van der Waals surface area (Å²) in [5.74, 6) is 0.537. The lowest BCUT2D eigenvalue weighted by atomic mass is 10.2. The number of aromatic hydroxyl groups is 2. The topological polar surface area (TPSA) is 40.5 Å². The molecule has 0 aromatic heterocycles. The zero-order valence-electron chi connectivity index (χ0n) is 10.2. The van der Waals surface area contributed by atoms with Crippen molar-refractivity contribution in [2.75, 3.05) is 0 Å². The molecule has 0 atom stereocenters. The number of hydrogen-bond donors (Lipinski definition) is 2. The molecule has 2 nitrogen and oxygen atoms in total. The third kappa shape index (κ3) is 3.15. The highest BCUT2D eigenvalue weighted by atomic mass is 33.1. The quantitative estimate of drug-likeness (QED) is 0.810. The van der Waals surface area contributed by atoms with E-state index < -0.39 is 0 Å². The first kappa shape index (κ1) is 13.2. The van der Waals surface area contributed by atoms with Crippen LogP contribution >= 0.6 is 21.6 Å². The number of phenolic OH excluding ortho intramolecular Hbond substituents is 2. The molecule has 0 amide bonds. The molecule has 0 saturated heterocycles. The van der Waals surface area contributed by atoms with Gasteiger partial charge in [-0.15, -0.1) is 0 Å². The van der Waals surface area contributed by atoms with Crippen molar-refractivity contribution >= 4 is 21.6 Å². The van der Waals surface area contributed by atoms with Crippen molar-refractivity contribution in [3.8, 4) is 11.5 Å². The predicted molar refractivity (Wildman–Crippen MR) is 77.4 cm³/mol. The summed E-state index contributed by atoms with van der Waals surface area (Å²) in [7, 11) is 2.89. The van der Waals surface area contributed by atoms with E-state index in [0.717, 1.165) is 20.9 Å². The molecule has 0 bridgehead atoms. The molecule has 94 valence electrons. The van der Waals surface area contributed by atoms with Gasteiger partial charge in [0, 0.05) is 0 Å². The highest BCUT2D eigenvalue weighted by molar-refractivity contribution is 8.76. The minimum absolute atomic E-state index is 0.269. The third-order valence-corrected chi connectivity index (χ3v) is 4.88. The zero-order chi connectivity index (χ0) is 13.1. The lowest BCUT2D eigenvalue weighted by Gasteiger charge is -2.07. The summed E-state index contributed by atoms with van der Waals surface area (Å²) in [5, 5.41) is 19.5. The molecule has 2 rings (SSSR count). The average Bonchev–Trinajstić information content (AvgIpc) is 2.34. The summed E-state index contributed by atoms with van der Waals surface area (Å²) in [6.45, 7) is 3.97. The largest absolute Gasteiger partial charge is 0.507 e. The normalized spacial score (nSPS) is 10.6. The lowest BCUT2D eigenvalue weighted by molar-refractivity contribution is 0.461. The van der Waals surface area contributed by atoms with Crippen molar-refractivity contribution in [2.24, 2.45) is 0 Å². The molecule has 0 heterocycles. The van der Waals surface area contributed by atoms with Crippen LogP contribution in [-0.4, -0.2) is 10.2 Å². The van der Waals surface area contributed by atoms with Crippen LogP contribution < -0.4 is 0 Å². The van der Waals surface area contributed by atoms with E-state index in [0.29, 0.717) is 0 Å². The van der Waals surface area contributed by atoms with Gasteiger partial charge in [-0.05, 0) is 70.8 Å². The van der Waals surface area contributed by atoms with E-state index in [1.807, 2.05) is 38.1 Å². The summed E-state index contributed by atoms with van der Waals surface area (Å²) < 4.78 is 0. The molecule has 0 aliphatic heterocycles. The molecule has 4 heteroatoms. The van der Waals surface area contributed by atoms with Gasteiger partial charge in [-0.2, -0.15) is 0 Å². The second-order valence-corrected chi connectivity index (χ2v) is 6.32. The van der Waals surface area contributed by atoms with Crippen LogP contribution in [0.25, 0.3) is 0 Å². The molecule has 0 fully saturated rings. The molecule has 0 spiro atoms. The zero-order valence-corrected chi connectivity index (χ0v) is 11.8. The summed E-state index contributed by atoms with van der Waals surface area (Å²) >= 11 is 0. The highest BCUT2D eigenvalue weighted by Gasteiger charge is 2.07. The average molecular weight is 278 g/mol. The second-order valence-electron chi connectivity index (χ2n) is 4.11. The maximum absolute atomic E-state index is 9.74. The minimum Gasteiger partial charge on any atom is -0.507 e. The van der Waals surface area contributed by atoms with Gasteiger partial charge in [-0.1, -0.05) is 12.1 Å². The van der Waals surface area contributed by atoms with Crippen LogP contribution in [0.4, 0.5) is 0 Å². The van der Waals surface area contributed by atoms with Gasteiger partial charge in [-0.25, -0.2) is 0 Å². The fourth-order valence-electron chi connectivity index (χ4n) is 1.47. The fraction of sp³-hybridized carbons (Fsp3) is 0.143. The molecule has 0 aliphatic carbocycles. The molecule has 2 N–H and O–H groups in total. The van der Waals surface area contributed by atoms with E-state index >= 15 is 0 Å². The van der Waals surface area contributed by atoms with Crippen molar-refractivity contribution in [3.05, 3.63) is 47.5 Å². The molecule has 0 unspecified atom stereocenters. The molecule has 18 heavy (non-hydrogen) atoms. The summed E-state index contributed by atoms with van der Waals surface area (Å²) in [6.07, 6.45) is 0. The molecule has 0 radical (unpaired) electrons. The third-order valence-electron chi connectivity index (χ3n) is 2.45. The van der Waals surface area contributed by atoms with Gasteiger partial charge in [0.05, 0.1) is 9.79 Å². The van der Waals surface area contributed by atoms with Gasteiger partial charge < -0.3 is 10.2 Å². The number of benzene rings is 2. The van der Waals surface area contributed by atoms with Crippen LogP contribution in [0.2, 0.25) is 0 Å². The van der Waals surface area contributed by atoms with Gasteiger partial charge in [-0.3, -0.25) is 0 Å².